The van der Waals surface area contributed by atoms with Gasteiger partial charge in [-0.3, -0.25) is 14.6 Å². The van der Waals surface area contributed by atoms with Gasteiger partial charge in [-0.15, -0.1) is 11.3 Å². The number of amides is 3. The molecule has 14 heteroatoms. The number of benzene rings is 2. The Morgan fingerprint density at radius 3 is 2.24 bits per heavy atom. The number of hydroxylamine groups is 1. The van der Waals surface area contributed by atoms with Crippen LogP contribution in [0.5, 0.6) is 0 Å². The zero-order valence-corrected chi connectivity index (χ0v) is 24.3. The summed E-state index contributed by atoms with van der Waals surface area (Å²) in [6, 6.07) is 9.28. The molecule has 0 atom stereocenters. The second kappa shape index (κ2) is 15.2. The molecule has 3 rings (SSSR count). The number of hydrogen-bond acceptors (Lipinski definition) is 8. The average molecular weight is 607 g/mol. The van der Waals surface area contributed by atoms with E-state index in [-0.39, 0.29) is 23.7 Å². The van der Waals surface area contributed by atoms with E-state index >= 15 is 0 Å². The topological polar surface area (TPSA) is 130 Å². The number of nitrogens with zero attached hydrogens (tertiary/aromatic N) is 2. The third-order valence-electron chi connectivity index (χ3n) is 6.02. The fourth-order valence-electron chi connectivity index (χ4n) is 4.06. The van der Waals surface area contributed by atoms with Crippen molar-refractivity contribution in [2.75, 3.05) is 51.2 Å². The van der Waals surface area contributed by atoms with Gasteiger partial charge in [-0.2, -0.15) is 0 Å². The summed E-state index contributed by atoms with van der Waals surface area (Å²) in [5.74, 6) is -3.11. The first-order valence-corrected chi connectivity index (χ1v) is 13.6. The van der Waals surface area contributed by atoms with Crippen LogP contribution < -0.4 is 15.7 Å². The Labute approximate surface area is 245 Å². The number of halogens is 2. The van der Waals surface area contributed by atoms with E-state index < -0.39 is 41.8 Å². The molecule has 11 nitrogen and oxygen atoms in total. The maximum absolute atomic E-state index is 14.7. The van der Waals surface area contributed by atoms with Crippen LogP contribution in [0.25, 0.3) is 10.4 Å². The Morgan fingerprint density at radius 1 is 1.00 bits per heavy atom. The summed E-state index contributed by atoms with van der Waals surface area (Å²) < 4.78 is 39.6. The number of rotatable bonds is 13. The van der Waals surface area contributed by atoms with Crippen molar-refractivity contribution in [2.45, 2.75) is 20.0 Å². The Kier molecular flexibility index (Phi) is 11.7. The lowest BCUT2D eigenvalue weighted by atomic mass is 10.0. The van der Waals surface area contributed by atoms with Gasteiger partial charge in [0.05, 0.1) is 32.4 Å². The van der Waals surface area contributed by atoms with Gasteiger partial charge in [-0.05, 0) is 43.8 Å². The number of hydrogen-bond donors (Lipinski definition) is 3. The Bertz CT molecular complexity index is 1380. The highest BCUT2D eigenvalue weighted by Gasteiger charge is 2.32. The monoisotopic (exact) mass is 606 g/mol. The van der Waals surface area contributed by atoms with Crippen LogP contribution >= 0.6 is 11.3 Å². The van der Waals surface area contributed by atoms with Crippen molar-refractivity contribution >= 4 is 40.1 Å². The molecule has 1 aromatic heterocycles. The van der Waals surface area contributed by atoms with E-state index in [0.717, 1.165) is 28.4 Å². The summed E-state index contributed by atoms with van der Waals surface area (Å²) in [5.41, 5.74) is 2.92. The van der Waals surface area contributed by atoms with Gasteiger partial charge in [0.15, 0.2) is 0 Å². The first kappa shape index (κ1) is 32.4. The number of carbonyl (C=O) groups is 3. The summed E-state index contributed by atoms with van der Waals surface area (Å²) >= 11 is 0.976. The zero-order chi connectivity index (χ0) is 30.8. The maximum atomic E-state index is 14.7. The predicted molar refractivity (Wildman–Crippen MR) is 154 cm³/mol. The van der Waals surface area contributed by atoms with Crippen molar-refractivity contribution in [1.29, 1.82) is 0 Å². The molecule has 3 N–H and O–H groups in total. The van der Waals surface area contributed by atoms with Crippen LogP contribution in [0.4, 0.5) is 29.1 Å². The minimum Gasteiger partial charge on any atom is -0.478 e. The lowest BCUT2D eigenvalue weighted by Crippen LogP contribution is -2.32. The number of thiophene rings is 1. The highest BCUT2D eigenvalue weighted by atomic mass is 32.1. The lowest BCUT2D eigenvalue weighted by molar-refractivity contribution is 0.0696. The summed E-state index contributed by atoms with van der Waals surface area (Å²) in [6.07, 6.45) is -0.960. The number of urea groups is 1. The van der Waals surface area contributed by atoms with Gasteiger partial charge in [-0.25, -0.2) is 28.6 Å². The van der Waals surface area contributed by atoms with Crippen LogP contribution in [0, 0.1) is 11.6 Å². The molecule has 3 amide bonds. The van der Waals surface area contributed by atoms with Gasteiger partial charge >= 0.3 is 18.1 Å². The number of aromatic carboxylic acids is 1. The van der Waals surface area contributed by atoms with E-state index in [1.165, 1.54) is 13.2 Å². The Hall–Kier alpha value is -4.11. The summed E-state index contributed by atoms with van der Waals surface area (Å²) in [6.45, 7) is 1.92. The maximum Gasteiger partial charge on any atom is 0.415 e. The minimum atomic E-state index is -1.33. The third-order valence-corrected chi connectivity index (χ3v) is 7.32. The molecule has 3 aromatic rings. The number of ether oxygens (including phenoxy) is 2. The smallest absolute Gasteiger partial charge is 0.415 e. The van der Waals surface area contributed by atoms with Crippen LogP contribution in [0.3, 0.4) is 0 Å². The summed E-state index contributed by atoms with van der Waals surface area (Å²) in [4.78, 5) is 45.6. The van der Waals surface area contributed by atoms with Crippen molar-refractivity contribution in [2.24, 2.45) is 0 Å². The Balaban J connectivity index is 2.19. The third kappa shape index (κ3) is 8.00. The second-order valence-electron chi connectivity index (χ2n) is 8.95. The molecule has 0 spiro atoms. The van der Waals surface area contributed by atoms with E-state index in [9.17, 15) is 28.3 Å². The normalized spacial score (nSPS) is 10.9. The van der Waals surface area contributed by atoms with Gasteiger partial charge in [0.25, 0.3) is 0 Å². The van der Waals surface area contributed by atoms with Crippen LogP contribution in [-0.4, -0.2) is 69.1 Å². The van der Waals surface area contributed by atoms with Crippen molar-refractivity contribution in [3.63, 3.8) is 0 Å². The van der Waals surface area contributed by atoms with E-state index in [1.54, 1.807) is 45.3 Å². The zero-order valence-electron chi connectivity index (χ0n) is 23.5. The average Bonchev–Trinajstić information content (AvgIpc) is 3.31. The van der Waals surface area contributed by atoms with Crippen molar-refractivity contribution < 1.29 is 42.6 Å². The van der Waals surface area contributed by atoms with Crippen LogP contribution in [0.1, 0.15) is 28.4 Å². The number of nitrogens with one attached hydrogen (secondary N) is 2. The molecule has 0 unspecified atom stereocenters. The van der Waals surface area contributed by atoms with Crippen LogP contribution in [0.15, 0.2) is 42.5 Å². The molecule has 42 heavy (non-hydrogen) atoms. The summed E-state index contributed by atoms with van der Waals surface area (Å²) in [5, 5.41) is 12.9. The molecule has 0 saturated carbocycles. The first-order chi connectivity index (χ1) is 20.1. The van der Waals surface area contributed by atoms with E-state index in [0.29, 0.717) is 34.8 Å². The quantitative estimate of drug-likeness (QED) is 0.223. The SMILES string of the molecule is CCOC(=O)N(Cc1c(F)cccc1F)c1sc(-c2ccc(NC(=O)NOC)cc2)c(CN(C)CCOC)c1C(=O)O. The molecule has 0 aliphatic rings. The first-order valence-electron chi connectivity index (χ1n) is 12.7. The molecule has 2 aromatic carbocycles. The molecule has 0 aliphatic heterocycles. The van der Waals surface area contributed by atoms with Crippen LogP contribution in [-0.2, 0) is 27.4 Å². The fourth-order valence-corrected chi connectivity index (χ4v) is 5.36. The molecular weight excluding hydrogens is 574 g/mol. The van der Waals surface area contributed by atoms with E-state index in [1.807, 2.05) is 4.90 Å². The van der Waals surface area contributed by atoms with Crippen molar-refractivity contribution in [1.82, 2.24) is 10.4 Å². The highest BCUT2D eigenvalue weighted by Crippen LogP contribution is 2.44. The largest absolute Gasteiger partial charge is 0.478 e. The number of anilines is 2. The van der Waals surface area contributed by atoms with Gasteiger partial charge in [0.1, 0.15) is 16.6 Å². The number of carbonyl (C=O) groups excluding carboxylic acids is 2. The Morgan fingerprint density at radius 2 is 1.67 bits per heavy atom. The highest BCUT2D eigenvalue weighted by molar-refractivity contribution is 7.20. The number of methoxy groups -OCH3 is 1. The standard InChI is InChI=1S/C28H32F2N4O7S/c1-5-41-28(38)34(16-19-21(29)7-6-8-22(19)30)25-23(26(35)36)20(15-33(2)13-14-39-3)24(42-25)17-9-11-18(12-10-17)31-27(37)32-40-4/h6-12H,5,13-16H2,1-4H3,(H,35,36)(H2,31,32,37). The fraction of sp³-hybridized carbons (Fsp3) is 0.321. The van der Waals surface area contributed by atoms with E-state index in [2.05, 4.69) is 15.6 Å². The lowest BCUT2D eigenvalue weighted by Gasteiger charge is -2.22. The minimum absolute atomic E-state index is 0.0459. The van der Waals surface area contributed by atoms with Gasteiger partial charge < -0.3 is 19.9 Å². The van der Waals surface area contributed by atoms with Gasteiger partial charge in [0.2, 0.25) is 0 Å². The van der Waals surface area contributed by atoms with Gasteiger partial charge in [0, 0.05) is 41.9 Å². The molecule has 0 saturated heterocycles. The van der Waals surface area contributed by atoms with E-state index in [4.69, 9.17) is 9.47 Å². The van der Waals surface area contributed by atoms with Gasteiger partial charge in [-0.1, -0.05) is 18.2 Å². The number of likely N-dealkylation sites (N-methyl/N-ethyl adjacent to an activating group) is 1. The number of carboxylic acids is 1. The molecule has 0 aliphatic carbocycles. The molecule has 1 heterocycles. The molecule has 0 fully saturated rings. The number of carboxylic acid groups (broad SMARTS) is 1. The van der Waals surface area contributed by atoms with Crippen LogP contribution in [0.2, 0.25) is 0 Å². The molecule has 226 valence electrons. The molecular formula is C28H32F2N4O7S. The van der Waals surface area contributed by atoms with Crippen molar-refractivity contribution in [3.8, 4) is 10.4 Å². The van der Waals surface area contributed by atoms with Crippen molar-refractivity contribution in [3.05, 3.63) is 70.8 Å². The molecule has 0 radical (unpaired) electrons. The molecule has 0 bridgehead atoms. The summed E-state index contributed by atoms with van der Waals surface area (Å²) in [7, 11) is 4.62. The predicted octanol–water partition coefficient (Wildman–Crippen LogP) is 5.32. The second-order valence-corrected chi connectivity index (χ2v) is 9.95.